The van der Waals surface area contributed by atoms with Crippen molar-refractivity contribution in [2.75, 3.05) is 37.7 Å². The summed E-state index contributed by atoms with van der Waals surface area (Å²) < 4.78 is 6.60. The summed E-state index contributed by atoms with van der Waals surface area (Å²) in [5.41, 5.74) is 0. The summed E-state index contributed by atoms with van der Waals surface area (Å²) in [6.45, 7) is 3.60. The molecule has 0 N–H and O–H groups in total. The molecule has 5 nitrogen and oxygen atoms in total. The number of carbonyl (C=O) groups is 1. The predicted octanol–water partition coefficient (Wildman–Crippen LogP) is 4.01. The lowest BCUT2D eigenvalue weighted by Gasteiger charge is -2.35. The SMILES string of the molecule is O=C(CCCOc1ccc(Cl)cc1)N1CCN(c2ccc(Br)cn2)CC1. The molecule has 0 aliphatic carbocycles. The standard InChI is InChI=1S/C19H21BrClN3O2/c20-15-3-8-18(22-14-15)23-9-11-24(12-10-23)19(25)2-1-13-26-17-6-4-16(21)5-7-17/h3-8,14H,1-2,9-13H2. The number of pyridine rings is 1. The van der Waals surface area contributed by atoms with Crippen molar-refractivity contribution in [2.45, 2.75) is 12.8 Å². The molecule has 0 bridgehead atoms. The maximum absolute atomic E-state index is 12.4. The van der Waals surface area contributed by atoms with Crippen LogP contribution in [0.4, 0.5) is 5.82 Å². The van der Waals surface area contributed by atoms with Crippen molar-refractivity contribution < 1.29 is 9.53 Å². The van der Waals surface area contributed by atoms with E-state index in [1.54, 1.807) is 18.3 Å². The molecule has 1 aromatic heterocycles. The van der Waals surface area contributed by atoms with Gasteiger partial charge in [0, 0.05) is 48.3 Å². The minimum absolute atomic E-state index is 0.188. The first kappa shape index (κ1) is 19.0. The molecule has 1 saturated heterocycles. The van der Waals surface area contributed by atoms with E-state index in [0.717, 1.165) is 42.2 Å². The Kier molecular flexibility index (Phi) is 6.74. The Morgan fingerprint density at radius 1 is 1.12 bits per heavy atom. The van der Waals surface area contributed by atoms with E-state index in [9.17, 15) is 4.79 Å². The van der Waals surface area contributed by atoms with Gasteiger partial charge in [0.15, 0.2) is 0 Å². The number of benzene rings is 1. The van der Waals surface area contributed by atoms with Crippen molar-refractivity contribution >= 4 is 39.3 Å². The molecular weight excluding hydrogens is 418 g/mol. The van der Waals surface area contributed by atoms with E-state index in [1.807, 2.05) is 29.2 Å². The summed E-state index contributed by atoms with van der Waals surface area (Å²) in [6.07, 6.45) is 3.01. The van der Waals surface area contributed by atoms with Gasteiger partial charge in [-0.05, 0) is 58.7 Å². The molecule has 1 aromatic carbocycles. The van der Waals surface area contributed by atoms with Crippen LogP contribution in [-0.2, 0) is 4.79 Å². The largest absolute Gasteiger partial charge is 0.494 e. The fourth-order valence-electron chi connectivity index (χ4n) is 2.84. The smallest absolute Gasteiger partial charge is 0.222 e. The van der Waals surface area contributed by atoms with E-state index >= 15 is 0 Å². The van der Waals surface area contributed by atoms with Crippen molar-refractivity contribution in [2.24, 2.45) is 0 Å². The third-order valence-corrected chi connectivity index (χ3v) is 5.01. The fraction of sp³-hybridized carbons (Fsp3) is 0.368. The number of rotatable bonds is 6. The Morgan fingerprint density at radius 3 is 2.50 bits per heavy atom. The third kappa shape index (κ3) is 5.35. The van der Waals surface area contributed by atoms with Gasteiger partial charge >= 0.3 is 0 Å². The first-order valence-electron chi connectivity index (χ1n) is 8.64. The number of halogens is 2. The highest BCUT2D eigenvalue weighted by molar-refractivity contribution is 9.10. The van der Waals surface area contributed by atoms with Crippen molar-refractivity contribution in [3.8, 4) is 5.75 Å². The van der Waals surface area contributed by atoms with Gasteiger partial charge in [-0.15, -0.1) is 0 Å². The molecule has 1 amide bonds. The first-order valence-corrected chi connectivity index (χ1v) is 9.81. The van der Waals surface area contributed by atoms with Crippen molar-refractivity contribution in [3.05, 3.63) is 52.1 Å². The Labute approximate surface area is 167 Å². The van der Waals surface area contributed by atoms with Crippen LogP contribution in [0.3, 0.4) is 0 Å². The lowest BCUT2D eigenvalue weighted by Crippen LogP contribution is -2.49. The van der Waals surface area contributed by atoms with Crippen molar-refractivity contribution in [1.82, 2.24) is 9.88 Å². The summed E-state index contributed by atoms with van der Waals surface area (Å²) >= 11 is 9.24. The normalized spacial score (nSPS) is 14.4. The van der Waals surface area contributed by atoms with Crippen LogP contribution in [0.25, 0.3) is 0 Å². The summed E-state index contributed by atoms with van der Waals surface area (Å²) in [6, 6.07) is 11.2. The second kappa shape index (κ2) is 9.24. The highest BCUT2D eigenvalue weighted by Gasteiger charge is 2.21. The van der Waals surface area contributed by atoms with Crippen LogP contribution in [-0.4, -0.2) is 48.6 Å². The molecule has 0 atom stereocenters. The van der Waals surface area contributed by atoms with Crippen LogP contribution >= 0.6 is 27.5 Å². The van der Waals surface area contributed by atoms with Crippen LogP contribution in [0.5, 0.6) is 5.75 Å². The topological polar surface area (TPSA) is 45.7 Å². The number of amides is 1. The van der Waals surface area contributed by atoms with Crippen LogP contribution in [0, 0.1) is 0 Å². The molecule has 7 heteroatoms. The second-order valence-corrected chi connectivity index (χ2v) is 7.46. The van der Waals surface area contributed by atoms with Gasteiger partial charge in [0.1, 0.15) is 11.6 Å². The van der Waals surface area contributed by atoms with Gasteiger partial charge in [0.05, 0.1) is 6.61 Å². The Bertz CT molecular complexity index is 717. The molecule has 26 heavy (non-hydrogen) atoms. The van der Waals surface area contributed by atoms with Gasteiger partial charge in [-0.2, -0.15) is 0 Å². The summed E-state index contributed by atoms with van der Waals surface area (Å²) in [7, 11) is 0. The van der Waals surface area contributed by atoms with Crippen LogP contribution in [0.1, 0.15) is 12.8 Å². The van der Waals surface area contributed by atoms with Gasteiger partial charge in [0.25, 0.3) is 0 Å². The van der Waals surface area contributed by atoms with E-state index in [-0.39, 0.29) is 5.91 Å². The van der Waals surface area contributed by atoms with Crippen LogP contribution < -0.4 is 9.64 Å². The average Bonchev–Trinajstić information content (AvgIpc) is 2.67. The van der Waals surface area contributed by atoms with Crippen LogP contribution in [0.2, 0.25) is 5.02 Å². The molecule has 1 fully saturated rings. The Hall–Kier alpha value is -1.79. The van der Waals surface area contributed by atoms with Crippen molar-refractivity contribution in [3.63, 3.8) is 0 Å². The molecule has 1 aliphatic heterocycles. The molecule has 2 heterocycles. The molecule has 138 valence electrons. The van der Waals surface area contributed by atoms with E-state index in [1.165, 1.54) is 0 Å². The zero-order valence-electron chi connectivity index (χ0n) is 14.4. The zero-order valence-corrected chi connectivity index (χ0v) is 16.7. The summed E-state index contributed by atoms with van der Waals surface area (Å²) in [5, 5.41) is 0.685. The number of nitrogens with zero attached hydrogens (tertiary/aromatic N) is 3. The first-order chi connectivity index (χ1) is 12.6. The highest BCUT2D eigenvalue weighted by Crippen LogP contribution is 2.18. The van der Waals surface area contributed by atoms with Gasteiger partial charge in [-0.1, -0.05) is 11.6 Å². The van der Waals surface area contributed by atoms with Gasteiger partial charge in [0.2, 0.25) is 5.91 Å². The number of ether oxygens (including phenoxy) is 1. The van der Waals surface area contributed by atoms with Crippen LogP contribution in [0.15, 0.2) is 47.1 Å². The lowest BCUT2D eigenvalue weighted by molar-refractivity contribution is -0.131. The van der Waals surface area contributed by atoms with E-state index in [4.69, 9.17) is 16.3 Å². The molecule has 0 spiro atoms. The molecule has 3 rings (SSSR count). The quantitative estimate of drug-likeness (QED) is 0.640. The highest BCUT2D eigenvalue weighted by atomic mass is 79.9. The molecule has 1 aliphatic rings. The van der Waals surface area contributed by atoms with E-state index < -0.39 is 0 Å². The number of hydrogen-bond donors (Lipinski definition) is 0. The number of carbonyl (C=O) groups excluding carboxylic acids is 1. The maximum atomic E-state index is 12.4. The average molecular weight is 439 g/mol. The number of piperazine rings is 1. The number of anilines is 1. The van der Waals surface area contributed by atoms with Gasteiger partial charge < -0.3 is 14.5 Å². The second-order valence-electron chi connectivity index (χ2n) is 6.11. The summed E-state index contributed by atoms with van der Waals surface area (Å²) in [4.78, 5) is 20.9. The Morgan fingerprint density at radius 2 is 1.85 bits per heavy atom. The summed E-state index contributed by atoms with van der Waals surface area (Å²) in [5.74, 6) is 1.92. The van der Waals surface area contributed by atoms with Crippen molar-refractivity contribution in [1.29, 1.82) is 0 Å². The molecule has 0 unspecified atom stereocenters. The maximum Gasteiger partial charge on any atom is 0.222 e. The Balaban J connectivity index is 1.37. The number of hydrogen-bond acceptors (Lipinski definition) is 4. The van der Waals surface area contributed by atoms with E-state index in [0.29, 0.717) is 24.5 Å². The lowest BCUT2D eigenvalue weighted by atomic mass is 10.2. The minimum Gasteiger partial charge on any atom is -0.494 e. The molecule has 0 radical (unpaired) electrons. The third-order valence-electron chi connectivity index (χ3n) is 4.29. The minimum atomic E-state index is 0.188. The van der Waals surface area contributed by atoms with E-state index in [2.05, 4.69) is 25.8 Å². The molecular formula is C19H21BrClN3O2. The van der Waals surface area contributed by atoms with Gasteiger partial charge in [-0.3, -0.25) is 4.79 Å². The zero-order chi connectivity index (χ0) is 18.4. The molecule has 2 aromatic rings. The fourth-order valence-corrected chi connectivity index (χ4v) is 3.20. The number of aromatic nitrogens is 1. The predicted molar refractivity (Wildman–Crippen MR) is 107 cm³/mol. The molecule has 0 saturated carbocycles. The monoisotopic (exact) mass is 437 g/mol. The van der Waals surface area contributed by atoms with Gasteiger partial charge in [-0.25, -0.2) is 4.98 Å².